The smallest absolute Gasteiger partial charge is 0 e. The fourth-order valence-corrected chi connectivity index (χ4v) is 13.6. The summed E-state index contributed by atoms with van der Waals surface area (Å²) in [4.78, 5) is 0. The molecule has 0 aliphatic carbocycles. The van der Waals surface area contributed by atoms with Gasteiger partial charge in [-0.25, -0.2) is 0 Å². The third-order valence-corrected chi connectivity index (χ3v) is 12.6. The minimum atomic E-state index is -0.239. The van der Waals surface area contributed by atoms with Gasteiger partial charge in [0.05, 0.1) is 37.0 Å². The summed E-state index contributed by atoms with van der Waals surface area (Å²) in [6, 6.07) is 0. The predicted molar refractivity (Wildman–Crippen MR) is 139 cm³/mol. The standard InChI is InChI=1S/C22H48P2.4CO.Mo/c1-19(2,3)15-23(16-20(4,5)6)13-14-24(17-21(7,8)9)18-22(10,11)12;4*1-2;/h13-18H2,1-12H3;;;;;/p+2. The van der Waals surface area contributed by atoms with Gasteiger partial charge in [-0.2, -0.15) is 0 Å². The van der Waals surface area contributed by atoms with E-state index in [1.54, 1.807) is 12.3 Å². The molecule has 192 valence electrons. The van der Waals surface area contributed by atoms with Gasteiger partial charge in [0.2, 0.25) is 0 Å². The van der Waals surface area contributed by atoms with E-state index >= 15 is 0 Å². The Morgan fingerprint density at radius 1 is 0.394 bits per heavy atom. The molecule has 0 aromatic heterocycles. The van der Waals surface area contributed by atoms with Crippen LogP contribution in [0.1, 0.15) is 83.1 Å². The molecule has 0 amide bonds. The Bertz CT molecular complexity index is 421. The van der Waals surface area contributed by atoms with Gasteiger partial charge in [0.1, 0.15) is 0 Å². The second-order valence-electron chi connectivity index (χ2n) is 12.9. The summed E-state index contributed by atoms with van der Waals surface area (Å²) < 4.78 is 30.0. The molecule has 0 aromatic rings. The topological polar surface area (TPSA) is 79.6 Å². The van der Waals surface area contributed by atoms with Crippen LogP contribution >= 0.6 is 15.8 Å². The molecule has 0 atom stereocenters. The molecule has 0 bridgehead atoms. The van der Waals surface area contributed by atoms with E-state index in [0.29, 0.717) is 21.7 Å². The molecule has 4 nitrogen and oxygen atoms in total. The van der Waals surface area contributed by atoms with E-state index in [4.69, 9.17) is 18.6 Å². The Morgan fingerprint density at radius 2 is 0.515 bits per heavy atom. The van der Waals surface area contributed by atoms with Crippen LogP contribution in [0.4, 0.5) is 0 Å². The van der Waals surface area contributed by atoms with Gasteiger partial charge in [-0.3, -0.25) is 0 Å². The van der Waals surface area contributed by atoms with Crippen molar-refractivity contribution in [3.63, 3.8) is 0 Å². The summed E-state index contributed by atoms with van der Waals surface area (Å²) in [6.45, 7) is 47.3. The van der Waals surface area contributed by atoms with Gasteiger partial charge in [-0.05, 0) is 21.7 Å². The summed E-state index contributed by atoms with van der Waals surface area (Å²) in [5, 5.41) is 0. The van der Waals surface area contributed by atoms with E-state index < -0.39 is 0 Å². The number of rotatable bonds is 7. The van der Waals surface area contributed by atoms with Gasteiger partial charge in [0.15, 0.2) is 0 Å². The Hall–Kier alpha value is 0.508. The fourth-order valence-electron chi connectivity index (χ4n) is 3.83. The van der Waals surface area contributed by atoms with Crippen LogP contribution in [0.3, 0.4) is 0 Å². The van der Waals surface area contributed by atoms with Crippen molar-refractivity contribution in [3.05, 3.63) is 26.6 Å². The predicted octanol–water partition coefficient (Wildman–Crippen LogP) is 7.45. The van der Waals surface area contributed by atoms with E-state index in [9.17, 15) is 0 Å². The van der Waals surface area contributed by atoms with Crippen LogP contribution in [-0.2, 0) is 39.7 Å². The van der Waals surface area contributed by atoms with Gasteiger partial charge in [-0.15, -0.1) is 0 Å². The SMILES string of the molecule is CC(C)(C)C[PH+](CC[PH+](CC(C)(C)C)CC(C)(C)C)CC(C)(C)C.[C-]#[O+].[C-]#[O+].[C-]#[O+].[C-]#[O+].[Mo]. The average molecular weight is 585 g/mol. The zero-order chi connectivity index (χ0) is 27.4. The third-order valence-electron chi connectivity index (χ3n) is 3.95. The number of hydrogen-bond donors (Lipinski definition) is 0. The zero-order valence-corrected chi connectivity index (χ0v) is 27.3. The normalized spacial score (nSPS) is 11.0. The average Bonchev–Trinajstić information content (AvgIpc) is 2.61. The second-order valence-corrected chi connectivity index (χ2v) is 18.4. The van der Waals surface area contributed by atoms with Gasteiger partial charge < -0.3 is 0 Å². The molecule has 0 saturated heterocycles. The Balaban J connectivity index is -0.000000181. The molecule has 7 heteroatoms. The van der Waals surface area contributed by atoms with Crippen LogP contribution in [0.15, 0.2) is 0 Å². The molecule has 0 aliphatic heterocycles. The van der Waals surface area contributed by atoms with Gasteiger partial charge >= 0.3 is 45.2 Å². The van der Waals surface area contributed by atoms with Crippen molar-refractivity contribution in [3.8, 4) is 0 Å². The fraction of sp³-hybridized carbons (Fsp3) is 0.846. The first kappa shape index (κ1) is 46.8. The maximum atomic E-state index is 7.50. The molecule has 33 heavy (non-hydrogen) atoms. The van der Waals surface area contributed by atoms with Gasteiger partial charge in [-0.1, -0.05) is 83.1 Å². The third kappa shape index (κ3) is 46.5. The molecule has 0 saturated carbocycles. The van der Waals surface area contributed by atoms with Crippen LogP contribution in [0.5, 0.6) is 0 Å². The first-order chi connectivity index (χ1) is 14.4. The second kappa shape index (κ2) is 24.2. The van der Waals surface area contributed by atoms with Crippen LogP contribution in [0.2, 0.25) is 0 Å². The first-order valence-corrected chi connectivity index (χ1v) is 15.1. The molecule has 0 aromatic carbocycles. The van der Waals surface area contributed by atoms with Crippen LogP contribution < -0.4 is 0 Å². The van der Waals surface area contributed by atoms with Crippen LogP contribution in [-0.4, -0.2) is 37.0 Å². The van der Waals surface area contributed by atoms with Gasteiger partial charge in [0.25, 0.3) is 0 Å². The molecule has 0 heterocycles. The maximum absolute atomic E-state index is 7.50. The molecule has 0 spiro atoms. The van der Waals surface area contributed by atoms with Gasteiger partial charge in [0, 0.05) is 36.9 Å². The van der Waals surface area contributed by atoms with E-state index in [1.807, 2.05) is 0 Å². The molecular weight excluding hydrogens is 534 g/mol. The summed E-state index contributed by atoms with van der Waals surface area (Å²) in [5.41, 5.74) is 2.00. The molecule has 0 N–H and O–H groups in total. The maximum Gasteiger partial charge on any atom is 0 e. The summed E-state index contributed by atoms with van der Waals surface area (Å²) in [6.07, 6.45) is 9.04. The molecule has 0 unspecified atom stereocenters. The number of hydrogen-bond acceptors (Lipinski definition) is 0. The summed E-state index contributed by atoms with van der Waals surface area (Å²) in [5.74, 6) is 0. The minimum absolute atomic E-state index is 0. The van der Waals surface area contributed by atoms with Crippen molar-refractivity contribution in [2.45, 2.75) is 83.1 Å². The molecule has 0 fully saturated rings. The first-order valence-electron chi connectivity index (χ1n) is 10.9. The van der Waals surface area contributed by atoms with Crippen molar-refractivity contribution in [2.24, 2.45) is 21.7 Å². The van der Waals surface area contributed by atoms with Crippen LogP contribution in [0, 0.1) is 48.3 Å². The summed E-state index contributed by atoms with van der Waals surface area (Å²) in [7, 11) is -0.477. The Morgan fingerprint density at radius 3 is 0.606 bits per heavy atom. The van der Waals surface area contributed by atoms with Crippen molar-refractivity contribution < 1.29 is 39.7 Å². The van der Waals surface area contributed by atoms with E-state index in [1.165, 1.54) is 24.6 Å². The molecular formula is C26H50MoO4P2+2. The molecule has 0 rings (SSSR count). The quantitative estimate of drug-likeness (QED) is 0.129. The summed E-state index contributed by atoms with van der Waals surface area (Å²) >= 11 is 0. The Kier molecular flexibility index (Phi) is 34.3. The minimum Gasteiger partial charge on any atom is 0 e. The molecule has 0 radical (unpaired) electrons. The monoisotopic (exact) mass is 586 g/mol. The van der Waals surface area contributed by atoms with Crippen molar-refractivity contribution in [2.75, 3.05) is 37.0 Å². The van der Waals surface area contributed by atoms with Crippen molar-refractivity contribution in [1.82, 2.24) is 0 Å². The van der Waals surface area contributed by atoms with E-state index in [0.717, 1.165) is 0 Å². The Labute approximate surface area is 223 Å². The van der Waals surface area contributed by atoms with E-state index in [-0.39, 0.29) is 36.9 Å². The largest absolute Gasteiger partial charge is 0 e. The van der Waals surface area contributed by atoms with Crippen LogP contribution in [0.25, 0.3) is 0 Å². The van der Waals surface area contributed by atoms with Crippen molar-refractivity contribution in [1.29, 1.82) is 0 Å². The zero-order valence-electron chi connectivity index (χ0n) is 23.3. The van der Waals surface area contributed by atoms with Crippen molar-refractivity contribution >= 4 is 15.8 Å². The van der Waals surface area contributed by atoms with E-state index in [2.05, 4.69) is 110 Å². The molecule has 0 aliphatic rings.